The van der Waals surface area contributed by atoms with Gasteiger partial charge in [0.2, 0.25) is 0 Å². The van der Waals surface area contributed by atoms with Crippen molar-refractivity contribution in [2.75, 3.05) is 44.7 Å². The number of aryl methyl sites for hydroxylation is 1. The Bertz CT molecular complexity index is 629. The molecule has 0 aromatic heterocycles. The average Bonchev–Trinajstić information content (AvgIpc) is 2.53. The highest BCUT2D eigenvalue weighted by Crippen LogP contribution is 2.06. The summed E-state index contributed by atoms with van der Waals surface area (Å²) in [5, 5.41) is 6.58. The van der Waals surface area contributed by atoms with Gasteiger partial charge in [0.15, 0.2) is 15.8 Å². The first kappa shape index (κ1) is 17.7. The van der Waals surface area contributed by atoms with Gasteiger partial charge in [-0.05, 0) is 18.1 Å². The first-order valence-corrected chi connectivity index (χ1v) is 9.74. The van der Waals surface area contributed by atoms with E-state index in [9.17, 15) is 8.42 Å². The summed E-state index contributed by atoms with van der Waals surface area (Å²) < 4.78 is 22.8. The van der Waals surface area contributed by atoms with E-state index in [4.69, 9.17) is 0 Å². The van der Waals surface area contributed by atoms with Crippen molar-refractivity contribution in [3.8, 4) is 0 Å². The summed E-state index contributed by atoms with van der Waals surface area (Å²) in [5.74, 6) is 1.30. The van der Waals surface area contributed by atoms with Gasteiger partial charge in [-0.2, -0.15) is 0 Å². The van der Waals surface area contributed by atoms with Crippen LogP contribution in [0.25, 0.3) is 0 Å². The standard InChI is InChI=1S/C16H26N4O2S/c1-14-5-3-4-6-15(14)13-19-16(17-2)18-7-8-20-9-11-23(21,22)12-10-20/h3-6H,7-13H2,1-2H3,(H2,17,18,19). The topological polar surface area (TPSA) is 73.8 Å². The van der Waals surface area contributed by atoms with E-state index in [2.05, 4.69) is 39.6 Å². The first-order chi connectivity index (χ1) is 11.0. The maximum absolute atomic E-state index is 11.4. The van der Waals surface area contributed by atoms with E-state index in [0.29, 0.717) is 13.1 Å². The van der Waals surface area contributed by atoms with Gasteiger partial charge in [-0.1, -0.05) is 24.3 Å². The van der Waals surface area contributed by atoms with Crippen LogP contribution in [0.15, 0.2) is 29.3 Å². The number of rotatable bonds is 5. The first-order valence-electron chi connectivity index (χ1n) is 7.92. The lowest BCUT2D eigenvalue weighted by molar-refractivity contribution is 0.299. The molecule has 1 fully saturated rings. The predicted molar refractivity (Wildman–Crippen MR) is 94.5 cm³/mol. The number of hydrogen-bond donors (Lipinski definition) is 2. The van der Waals surface area contributed by atoms with Crippen LogP contribution in [0.4, 0.5) is 0 Å². The Morgan fingerprint density at radius 1 is 1.22 bits per heavy atom. The third-order valence-corrected chi connectivity index (χ3v) is 5.70. The van der Waals surface area contributed by atoms with E-state index in [1.54, 1.807) is 7.05 Å². The van der Waals surface area contributed by atoms with E-state index in [1.165, 1.54) is 11.1 Å². The van der Waals surface area contributed by atoms with Crippen LogP contribution >= 0.6 is 0 Å². The van der Waals surface area contributed by atoms with Crippen molar-refractivity contribution in [1.82, 2.24) is 15.5 Å². The van der Waals surface area contributed by atoms with E-state index < -0.39 is 9.84 Å². The Labute approximate surface area is 138 Å². The van der Waals surface area contributed by atoms with E-state index >= 15 is 0 Å². The van der Waals surface area contributed by atoms with Crippen molar-refractivity contribution in [3.05, 3.63) is 35.4 Å². The van der Waals surface area contributed by atoms with E-state index in [-0.39, 0.29) is 11.5 Å². The maximum atomic E-state index is 11.4. The molecule has 0 unspecified atom stereocenters. The number of nitrogens with one attached hydrogen (secondary N) is 2. The normalized spacial score (nSPS) is 18.6. The van der Waals surface area contributed by atoms with Crippen molar-refractivity contribution in [2.24, 2.45) is 4.99 Å². The van der Waals surface area contributed by atoms with Crippen LogP contribution < -0.4 is 10.6 Å². The maximum Gasteiger partial charge on any atom is 0.191 e. The van der Waals surface area contributed by atoms with Crippen LogP contribution in [0.2, 0.25) is 0 Å². The molecule has 1 saturated heterocycles. The van der Waals surface area contributed by atoms with Crippen LogP contribution in [0.5, 0.6) is 0 Å². The molecule has 0 amide bonds. The monoisotopic (exact) mass is 338 g/mol. The van der Waals surface area contributed by atoms with E-state index in [1.807, 2.05) is 12.1 Å². The van der Waals surface area contributed by atoms with Crippen LogP contribution in [0, 0.1) is 6.92 Å². The fraction of sp³-hybridized carbons (Fsp3) is 0.562. The number of sulfone groups is 1. The molecule has 1 heterocycles. The van der Waals surface area contributed by atoms with E-state index in [0.717, 1.165) is 25.6 Å². The van der Waals surface area contributed by atoms with Crippen LogP contribution in [0.3, 0.4) is 0 Å². The average molecular weight is 338 g/mol. The van der Waals surface area contributed by atoms with Crippen molar-refractivity contribution < 1.29 is 8.42 Å². The summed E-state index contributed by atoms with van der Waals surface area (Å²) in [7, 11) is -1.05. The third-order valence-electron chi connectivity index (χ3n) is 4.09. The molecule has 0 saturated carbocycles. The lowest BCUT2D eigenvalue weighted by Gasteiger charge is -2.26. The second-order valence-corrected chi connectivity index (χ2v) is 8.08. The van der Waals surface area contributed by atoms with Crippen LogP contribution in [-0.4, -0.2) is 64.0 Å². The highest BCUT2D eigenvalue weighted by molar-refractivity contribution is 7.91. The lowest BCUT2D eigenvalue weighted by Crippen LogP contribution is -2.45. The van der Waals surface area contributed by atoms with Gasteiger partial charge in [0, 0.05) is 39.8 Å². The van der Waals surface area contributed by atoms with Gasteiger partial charge in [-0.25, -0.2) is 8.42 Å². The minimum Gasteiger partial charge on any atom is -0.355 e. The fourth-order valence-corrected chi connectivity index (χ4v) is 3.79. The number of nitrogens with zero attached hydrogens (tertiary/aromatic N) is 2. The van der Waals surface area contributed by atoms with Gasteiger partial charge in [-0.3, -0.25) is 9.89 Å². The molecule has 1 aliphatic heterocycles. The quantitative estimate of drug-likeness (QED) is 0.600. The third kappa shape index (κ3) is 5.84. The zero-order valence-electron chi connectivity index (χ0n) is 13.9. The fourth-order valence-electron chi connectivity index (χ4n) is 2.51. The van der Waals surface area contributed by atoms with Crippen molar-refractivity contribution in [1.29, 1.82) is 0 Å². The molecule has 2 rings (SSSR count). The molecule has 128 valence electrons. The molecule has 1 aliphatic rings. The largest absolute Gasteiger partial charge is 0.355 e. The van der Waals surface area contributed by atoms with Crippen LogP contribution in [-0.2, 0) is 16.4 Å². The van der Waals surface area contributed by atoms with Gasteiger partial charge >= 0.3 is 0 Å². The Hall–Kier alpha value is -1.60. The lowest BCUT2D eigenvalue weighted by atomic mass is 10.1. The Kier molecular flexibility index (Phi) is 6.41. The predicted octanol–water partition coefficient (Wildman–Crippen LogP) is 0.390. The summed E-state index contributed by atoms with van der Waals surface area (Å²) in [6.07, 6.45) is 0. The number of aliphatic imine (C=N–C) groups is 1. The van der Waals surface area contributed by atoms with Gasteiger partial charge in [0.05, 0.1) is 11.5 Å². The Morgan fingerprint density at radius 3 is 2.57 bits per heavy atom. The summed E-state index contributed by atoms with van der Waals surface area (Å²) >= 11 is 0. The summed E-state index contributed by atoms with van der Waals surface area (Å²) in [4.78, 5) is 6.39. The molecule has 6 nitrogen and oxygen atoms in total. The van der Waals surface area contributed by atoms with Crippen molar-refractivity contribution in [3.63, 3.8) is 0 Å². The number of guanidine groups is 1. The minimum absolute atomic E-state index is 0.271. The molecule has 2 N–H and O–H groups in total. The zero-order valence-corrected chi connectivity index (χ0v) is 14.7. The molecule has 23 heavy (non-hydrogen) atoms. The highest BCUT2D eigenvalue weighted by atomic mass is 32.2. The number of benzene rings is 1. The smallest absolute Gasteiger partial charge is 0.191 e. The van der Waals surface area contributed by atoms with Gasteiger partial charge in [-0.15, -0.1) is 0 Å². The molecule has 1 aromatic rings. The van der Waals surface area contributed by atoms with Gasteiger partial charge in [0.1, 0.15) is 0 Å². The number of hydrogen-bond acceptors (Lipinski definition) is 4. The van der Waals surface area contributed by atoms with Crippen LogP contribution in [0.1, 0.15) is 11.1 Å². The minimum atomic E-state index is -2.80. The molecule has 0 bridgehead atoms. The SMILES string of the molecule is CN=C(NCCN1CCS(=O)(=O)CC1)NCc1ccccc1C. The summed E-state index contributed by atoms with van der Waals surface area (Å²) in [5.41, 5.74) is 2.50. The molecule has 0 spiro atoms. The molecular weight excluding hydrogens is 312 g/mol. The Balaban J connectivity index is 1.70. The van der Waals surface area contributed by atoms with Crippen molar-refractivity contribution >= 4 is 15.8 Å². The molecule has 0 radical (unpaired) electrons. The molecular formula is C16H26N4O2S. The highest BCUT2D eigenvalue weighted by Gasteiger charge is 2.20. The van der Waals surface area contributed by atoms with Gasteiger partial charge < -0.3 is 10.6 Å². The molecule has 0 aliphatic carbocycles. The van der Waals surface area contributed by atoms with Crippen molar-refractivity contribution in [2.45, 2.75) is 13.5 Å². The van der Waals surface area contributed by atoms with Gasteiger partial charge in [0.25, 0.3) is 0 Å². The summed E-state index contributed by atoms with van der Waals surface area (Å²) in [6.45, 7) is 5.64. The molecule has 0 atom stereocenters. The molecule has 1 aromatic carbocycles. The summed E-state index contributed by atoms with van der Waals surface area (Å²) in [6, 6.07) is 8.26. The zero-order chi connectivity index (χ0) is 16.7. The Morgan fingerprint density at radius 2 is 1.91 bits per heavy atom. The second-order valence-electron chi connectivity index (χ2n) is 5.77. The molecule has 7 heteroatoms. The second kappa shape index (κ2) is 8.31.